The fraction of sp³-hybridized carbons (Fsp3) is 0.111. The Labute approximate surface area is 158 Å². The first-order chi connectivity index (χ1) is 13.0. The molecule has 0 aliphatic heterocycles. The van der Waals surface area contributed by atoms with Crippen molar-refractivity contribution < 1.29 is 14.1 Å². The Kier molecular flexibility index (Phi) is 5.41. The van der Waals surface area contributed by atoms with Gasteiger partial charge in [-0.15, -0.1) is 11.3 Å². The lowest BCUT2D eigenvalue weighted by Gasteiger charge is -2.03. The van der Waals surface area contributed by atoms with E-state index in [1.165, 1.54) is 36.6 Å². The van der Waals surface area contributed by atoms with Gasteiger partial charge in [-0.1, -0.05) is 0 Å². The van der Waals surface area contributed by atoms with Gasteiger partial charge in [-0.25, -0.2) is 9.37 Å². The molecule has 0 aliphatic carbocycles. The van der Waals surface area contributed by atoms with Gasteiger partial charge >= 0.3 is 0 Å². The molecule has 0 unspecified atom stereocenters. The van der Waals surface area contributed by atoms with Crippen molar-refractivity contribution in [3.05, 3.63) is 69.3 Å². The van der Waals surface area contributed by atoms with E-state index in [1.807, 2.05) is 0 Å². The maximum Gasteiger partial charge on any atom is 0.269 e. The van der Waals surface area contributed by atoms with Gasteiger partial charge in [-0.05, 0) is 42.8 Å². The number of nitro groups is 1. The molecule has 0 aliphatic rings. The number of thiazole rings is 1. The summed E-state index contributed by atoms with van der Waals surface area (Å²) in [6, 6.07) is 10.8. The highest BCUT2D eigenvalue weighted by Gasteiger charge is 2.09. The summed E-state index contributed by atoms with van der Waals surface area (Å²) in [6.45, 7) is 1.78. The number of non-ortho nitro benzene ring substituents is 1. The zero-order valence-electron chi connectivity index (χ0n) is 14.5. The second kappa shape index (κ2) is 7.92. The van der Waals surface area contributed by atoms with E-state index < -0.39 is 10.7 Å². The van der Waals surface area contributed by atoms with Crippen molar-refractivity contribution in [1.29, 1.82) is 0 Å². The highest BCUT2D eigenvalue weighted by molar-refractivity contribution is 7.14. The zero-order valence-corrected chi connectivity index (χ0v) is 15.3. The molecule has 9 heteroatoms. The van der Waals surface area contributed by atoms with Gasteiger partial charge in [0.05, 0.1) is 23.4 Å². The number of halogens is 1. The summed E-state index contributed by atoms with van der Waals surface area (Å²) in [6.07, 6.45) is 0. The molecule has 0 fully saturated rings. The van der Waals surface area contributed by atoms with Crippen LogP contribution in [-0.4, -0.2) is 22.7 Å². The number of hydrogen-bond donors (Lipinski definition) is 1. The van der Waals surface area contributed by atoms with Gasteiger partial charge in [0.1, 0.15) is 0 Å². The molecular formula is C18H15FN4O3S. The topological polar surface area (TPSA) is 89.6 Å². The lowest BCUT2D eigenvalue weighted by molar-refractivity contribution is -0.384. The number of benzene rings is 2. The Morgan fingerprint density at radius 3 is 2.67 bits per heavy atom. The van der Waals surface area contributed by atoms with Crippen LogP contribution in [0, 0.1) is 15.9 Å². The summed E-state index contributed by atoms with van der Waals surface area (Å²) >= 11 is 1.33. The van der Waals surface area contributed by atoms with E-state index in [1.54, 1.807) is 36.6 Å². The van der Waals surface area contributed by atoms with Crippen LogP contribution >= 0.6 is 11.3 Å². The third-order valence-electron chi connectivity index (χ3n) is 3.77. The SMILES string of the molecule is COc1ccc(-c2csc(N/N=C(\C)c3ccc([N+](=O)[O-])cc3)n2)cc1F. The van der Waals surface area contributed by atoms with Gasteiger partial charge in [-0.2, -0.15) is 5.10 Å². The molecule has 0 radical (unpaired) electrons. The Bertz CT molecular complexity index is 1000. The van der Waals surface area contributed by atoms with Crippen LogP contribution in [0.25, 0.3) is 11.3 Å². The number of ether oxygens (including phenoxy) is 1. The van der Waals surface area contributed by atoms with Gasteiger partial charge in [0, 0.05) is 23.1 Å². The molecule has 1 N–H and O–H groups in total. The monoisotopic (exact) mass is 386 g/mol. The molecule has 138 valence electrons. The first kappa shape index (κ1) is 18.5. The summed E-state index contributed by atoms with van der Waals surface area (Å²) in [5, 5.41) is 17.3. The van der Waals surface area contributed by atoms with Crippen LogP contribution in [0.3, 0.4) is 0 Å². The smallest absolute Gasteiger partial charge is 0.269 e. The Balaban J connectivity index is 1.72. The predicted octanol–water partition coefficient (Wildman–Crippen LogP) is 4.70. The first-order valence-corrected chi connectivity index (χ1v) is 8.70. The molecule has 0 saturated carbocycles. The second-order valence-corrected chi connectivity index (χ2v) is 6.36. The van der Waals surface area contributed by atoms with Gasteiger partial charge in [-0.3, -0.25) is 15.5 Å². The third-order valence-corrected chi connectivity index (χ3v) is 4.51. The summed E-state index contributed by atoms with van der Waals surface area (Å²) in [5.41, 5.74) is 5.53. The van der Waals surface area contributed by atoms with E-state index in [0.29, 0.717) is 22.1 Å². The number of hydrazone groups is 1. The molecule has 7 nitrogen and oxygen atoms in total. The molecule has 0 atom stereocenters. The highest BCUT2D eigenvalue weighted by Crippen LogP contribution is 2.28. The summed E-state index contributed by atoms with van der Waals surface area (Å²) in [4.78, 5) is 14.6. The highest BCUT2D eigenvalue weighted by atomic mass is 32.1. The lowest BCUT2D eigenvalue weighted by Crippen LogP contribution is -2.00. The van der Waals surface area contributed by atoms with Crippen molar-refractivity contribution in [2.75, 3.05) is 12.5 Å². The number of methoxy groups -OCH3 is 1. The first-order valence-electron chi connectivity index (χ1n) is 7.82. The van der Waals surface area contributed by atoms with Crippen LogP contribution in [0.2, 0.25) is 0 Å². The van der Waals surface area contributed by atoms with E-state index in [2.05, 4.69) is 15.5 Å². The molecule has 3 aromatic rings. The quantitative estimate of drug-likeness (QED) is 0.377. The zero-order chi connectivity index (χ0) is 19.4. The minimum atomic E-state index is -0.454. The minimum absolute atomic E-state index is 0.0239. The average Bonchev–Trinajstić information content (AvgIpc) is 3.15. The fourth-order valence-corrected chi connectivity index (χ4v) is 2.97. The lowest BCUT2D eigenvalue weighted by atomic mass is 10.1. The minimum Gasteiger partial charge on any atom is -0.494 e. The predicted molar refractivity (Wildman–Crippen MR) is 103 cm³/mol. The van der Waals surface area contributed by atoms with Gasteiger partial charge in [0.15, 0.2) is 11.6 Å². The van der Waals surface area contributed by atoms with Crippen LogP contribution < -0.4 is 10.2 Å². The maximum atomic E-state index is 13.8. The van der Waals surface area contributed by atoms with Crippen molar-refractivity contribution in [2.24, 2.45) is 5.10 Å². The van der Waals surface area contributed by atoms with E-state index in [4.69, 9.17) is 4.74 Å². The molecule has 0 bridgehead atoms. The normalized spacial score (nSPS) is 11.3. The third kappa shape index (κ3) is 4.26. The number of nitrogens with one attached hydrogen (secondary N) is 1. The van der Waals surface area contributed by atoms with E-state index >= 15 is 0 Å². The molecule has 27 heavy (non-hydrogen) atoms. The molecule has 1 heterocycles. The number of nitro benzene ring substituents is 1. The maximum absolute atomic E-state index is 13.8. The number of anilines is 1. The summed E-state index contributed by atoms with van der Waals surface area (Å²) in [5.74, 6) is -0.278. The van der Waals surface area contributed by atoms with Gasteiger partial charge in [0.25, 0.3) is 5.69 Å². The molecule has 3 rings (SSSR count). The second-order valence-electron chi connectivity index (χ2n) is 5.50. The van der Waals surface area contributed by atoms with Crippen molar-refractivity contribution in [2.45, 2.75) is 6.92 Å². The van der Waals surface area contributed by atoms with Crippen molar-refractivity contribution in [1.82, 2.24) is 4.98 Å². The molecule has 0 saturated heterocycles. The van der Waals surface area contributed by atoms with Crippen molar-refractivity contribution in [3.8, 4) is 17.0 Å². The molecular weight excluding hydrogens is 371 g/mol. The van der Waals surface area contributed by atoms with E-state index in [-0.39, 0.29) is 11.4 Å². The number of hydrogen-bond acceptors (Lipinski definition) is 7. The molecule has 1 aromatic heterocycles. The Hall–Kier alpha value is -3.33. The fourth-order valence-electron chi connectivity index (χ4n) is 2.30. The van der Waals surface area contributed by atoms with Gasteiger partial charge in [0.2, 0.25) is 5.13 Å². The van der Waals surface area contributed by atoms with Crippen LogP contribution in [0.4, 0.5) is 15.2 Å². The van der Waals surface area contributed by atoms with Crippen molar-refractivity contribution >= 4 is 27.9 Å². The number of aromatic nitrogens is 1. The van der Waals surface area contributed by atoms with Crippen LogP contribution in [-0.2, 0) is 0 Å². The standard InChI is InChI=1S/C18H15FN4O3S/c1-11(12-3-6-14(7-4-12)23(24)25)21-22-18-20-16(10-27-18)13-5-8-17(26-2)15(19)9-13/h3-10H,1-2H3,(H,20,22)/b21-11+. The number of nitrogens with zero attached hydrogens (tertiary/aromatic N) is 3. The number of rotatable bonds is 6. The van der Waals surface area contributed by atoms with E-state index in [9.17, 15) is 14.5 Å². The molecule has 2 aromatic carbocycles. The summed E-state index contributed by atoms with van der Waals surface area (Å²) in [7, 11) is 1.41. The van der Waals surface area contributed by atoms with Crippen LogP contribution in [0.1, 0.15) is 12.5 Å². The summed E-state index contributed by atoms with van der Waals surface area (Å²) < 4.78 is 18.7. The molecule has 0 amide bonds. The largest absolute Gasteiger partial charge is 0.494 e. The van der Waals surface area contributed by atoms with Crippen molar-refractivity contribution in [3.63, 3.8) is 0 Å². The molecule has 0 spiro atoms. The Morgan fingerprint density at radius 2 is 2.04 bits per heavy atom. The van der Waals surface area contributed by atoms with Crippen LogP contribution in [0.15, 0.2) is 52.9 Å². The van der Waals surface area contributed by atoms with Crippen LogP contribution in [0.5, 0.6) is 5.75 Å². The average molecular weight is 386 g/mol. The van der Waals surface area contributed by atoms with Gasteiger partial charge < -0.3 is 4.74 Å². The van der Waals surface area contributed by atoms with E-state index in [0.717, 1.165) is 5.56 Å². The Morgan fingerprint density at radius 1 is 1.30 bits per heavy atom.